The van der Waals surface area contributed by atoms with Crippen LogP contribution in [0.4, 0.5) is 5.69 Å². The summed E-state index contributed by atoms with van der Waals surface area (Å²) in [5, 5.41) is 0. The number of hydrogen-bond acceptors (Lipinski definition) is 2. The number of Topliss-reactive ketones (excluding diaryl/α,β-unsaturated/α-hetero) is 1. The highest BCUT2D eigenvalue weighted by Crippen LogP contribution is 2.28. The molecule has 0 fully saturated rings. The van der Waals surface area contributed by atoms with Gasteiger partial charge in [-0.05, 0) is 30.2 Å². The van der Waals surface area contributed by atoms with Gasteiger partial charge in [-0.15, -0.1) is 0 Å². The van der Waals surface area contributed by atoms with Gasteiger partial charge in [0, 0.05) is 24.1 Å². The van der Waals surface area contributed by atoms with E-state index in [4.69, 9.17) is 0 Å². The summed E-state index contributed by atoms with van der Waals surface area (Å²) in [6.45, 7) is 2.49. The molecule has 1 aliphatic heterocycles. The molecule has 0 atom stereocenters. The van der Waals surface area contributed by atoms with Crippen LogP contribution in [0.2, 0.25) is 0 Å². The van der Waals surface area contributed by atoms with Crippen molar-refractivity contribution in [2.45, 2.75) is 19.8 Å². The van der Waals surface area contributed by atoms with E-state index in [2.05, 4.69) is 0 Å². The van der Waals surface area contributed by atoms with Crippen molar-refractivity contribution in [3.63, 3.8) is 0 Å². The molecule has 0 saturated heterocycles. The number of carbonyl (C=O) groups excluding carboxylic acids is 2. The monoisotopic (exact) mass is 279 g/mol. The van der Waals surface area contributed by atoms with E-state index in [1.165, 1.54) is 0 Å². The third kappa shape index (κ3) is 2.35. The average molecular weight is 279 g/mol. The standard InChI is InChI=1S/C18H17NO2/c1-2-13-7-3-4-8-14(13)18(21)19-12-11-17(20)15-9-5-6-10-16(15)19/h3-10H,2,11-12H2,1H3. The Labute approximate surface area is 124 Å². The Morgan fingerprint density at radius 2 is 1.81 bits per heavy atom. The number of para-hydroxylation sites is 1. The molecule has 2 aromatic rings. The van der Waals surface area contributed by atoms with Gasteiger partial charge in [-0.2, -0.15) is 0 Å². The first-order valence-corrected chi connectivity index (χ1v) is 7.24. The van der Waals surface area contributed by atoms with Gasteiger partial charge < -0.3 is 4.90 Å². The molecule has 0 radical (unpaired) electrons. The Bertz CT molecular complexity index is 706. The summed E-state index contributed by atoms with van der Waals surface area (Å²) in [5.41, 5.74) is 3.14. The van der Waals surface area contributed by atoms with Crippen LogP contribution >= 0.6 is 0 Å². The van der Waals surface area contributed by atoms with Crippen LogP contribution < -0.4 is 4.90 Å². The van der Waals surface area contributed by atoms with Crippen molar-refractivity contribution in [2.75, 3.05) is 11.4 Å². The van der Waals surface area contributed by atoms with Crippen LogP contribution in [0.3, 0.4) is 0 Å². The molecule has 3 nitrogen and oxygen atoms in total. The van der Waals surface area contributed by atoms with Crippen molar-refractivity contribution in [1.82, 2.24) is 0 Å². The highest BCUT2D eigenvalue weighted by atomic mass is 16.2. The second-order valence-corrected chi connectivity index (χ2v) is 5.16. The first kappa shape index (κ1) is 13.6. The van der Waals surface area contributed by atoms with E-state index in [1.54, 1.807) is 11.0 Å². The van der Waals surface area contributed by atoms with Crippen LogP contribution in [0.1, 0.15) is 39.6 Å². The molecule has 0 unspecified atom stereocenters. The fraction of sp³-hybridized carbons (Fsp3) is 0.222. The molecule has 1 amide bonds. The predicted octanol–water partition coefficient (Wildman–Crippen LogP) is 3.48. The van der Waals surface area contributed by atoms with Crippen LogP contribution in [0.15, 0.2) is 48.5 Å². The number of fused-ring (bicyclic) bond motifs is 1. The molecule has 0 spiro atoms. The molecule has 0 N–H and O–H groups in total. The second-order valence-electron chi connectivity index (χ2n) is 5.16. The average Bonchev–Trinajstić information content (AvgIpc) is 2.55. The third-order valence-corrected chi connectivity index (χ3v) is 3.93. The summed E-state index contributed by atoms with van der Waals surface area (Å²) in [5.74, 6) is 0.0887. The summed E-state index contributed by atoms with van der Waals surface area (Å²) in [4.78, 5) is 26.6. The number of aryl methyl sites for hydroxylation is 1. The van der Waals surface area contributed by atoms with E-state index < -0.39 is 0 Å². The highest BCUT2D eigenvalue weighted by molar-refractivity contribution is 6.13. The van der Waals surface area contributed by atoms with E-state index in [9.17, 15) is 9.59 Å². The Hall–Kier alpha value is -2.42. The molecule has 0 bridgehead atoms. The Morgan fingerprint density at radius 3 is 2.62 bits per heavy atom. The summed E-state index contributed by atoms with van der Waals surface area (Å²) >= 11 is 0. The van der Waals surface area contributed by atoms with Gasteiger partial charge in [0.1, 0.15) is 0 Å². The number of amides is 1. The van der Waals surface area contributed by atoms with E-state index in [0.717, 1.165) is 23.2 Å². The first-order valence-electron chi connectivity index (χ1n) is 7.24. The fourth-order valence-corrected chi connectivity index (χ4v) is 2.81. The molecule has 3 rings (SSSR count). The number of hydrogen-bond donors (Lipinski definition) is 0. The molecule has 0 aromatic heterocycles. The first-order chi connectivity index (χ1) is 10.2. The Balaban J connectivity index is 2.03. The van der Waals surface area contributed by atoms with Crippen LogP contribution in [0.25, 0.3) is 0 Å². The normalized spacial score (nSPS) is 14.0. The maximum atomic E-state index is 12.9. The zero-order valence-corrected chi connectivity index (χ0v) is 12.0. The molecular formula is C18H17NO2. The van der Waals surface area contributed by atoms with Crippen LogP contribution in [0.5, 0.6) is 0 Å². The summed E-state index contributed by atoms with van der Waals surface area (Å²) in [6.07, 6.45) is 1.20. The minimum Gasteiger partial charge on any atom is -0.307 e. The number of ketones is 1. The topological polar surface area (TPSA) is 37.4 Å². The second kappa shape index (κ2) is 5.52. The van der Waals surface area contributed by atoms with Crippen LogP contribution in [-0.2, 0) is 6.42 Å². The van der Waals surface area contributed by atoms with Gasteiger partial charge in [0.15, 0.2) is 5.78 Å². The molecule has 1 aliphatic rings. The summed E-state index contributed by atoms with van der Waals surface area (Å²) < 4.78 is 0. The van der Waals surface area contributed by atoms with Crippen molar-refractivity contribution in [2.24, 2.45) is 0 Å². The van der Waals surface area contributed by atoms with Gasteiger partial charge in [0.05, 0.1) is 5.69 Å². The van der Waals surface area contributed by atoms with Crippen molar-refractivity contribution in [3.8, 4) is 0 Å². The smallest absolute Gasteiger partial charge is 0.258 e. The Morgan fingerprint density at radius 1 is 1.10 bits per heavy atom. The minimum atomic E-state index is -0.0209. The number of benzene rings is 2. The van der Waals surface area contributed by atoms with E-state index in [0.29, 0.717) is 18.5 Å². The van der Waals surface area contributed by atoms with Crippen molar-refractivity contribution in [1.29, 1.82) is 0 Å². The number of anilines is 1. The molecular weight excluding hydrogens is 262 g/mol. The van der Waals surface area contributed by atoms with Crippen molar-refractivity contribution in [3.05, 3.63) is 65.2 Å². The van der Waals surface area contributed by atoms with Gasteiger partial charge >= 0.3 is 0 Å². The van der Waals surface area contributed by atoms with Gasteiger partial charge in [0.2, 0.25) is 0 Å². The lowest BCUT2D eigenvalue weighted by Gasteiger charge is -2.29. The molecule has 0 aliphatic carbocycles. The molecule has 0 saturated carbocycles. The summed E-state index contributed by atoms with van der Waals surface area (Å²) in [6, 6.07) is 15.0. The third-order valence-electron chi connectivity index (χ3n) is 3.93. The molecule has 2 aromatic carbocycles. The summed E-state index contributed by atoms with van der Waals surface area (Å²) in [7, 11) is 0. The fourth-order valence-electron chi connectivity index (χ4n) is 2.81. The minimum absolute atomic E-state index is 0.0209. The molecule has 3 heteroatoms. The largest absolute Gasteiger partial charge is 0.307 e. The quantitative estimate of drug-likeness (QED) is 0.844. The van der Waals surface area contributed by atoms with Gasteiger partial charge in [0.25, 0.3) is 5.91 Å². The number of carbonyl (C=O) groups is 2. The van der Waals surface area contributed by atoms with Crippen molar-refractivity contribution < 1.29 is 9.59 Å². The van der Waals surface area contributed by atoms with E-state index in [1.807, 2.05) is 49.4 Å². The lowest BCUT2D eigenvalue weighted by molar-refractivity contribution is 0.0954. The lowest BCUT2D eigenvalue weighted by atomic mass is 9.98. The number of rotatable bonds is 2. The highest BCUT2D eigenvalue weighted by Gasteiger charge is 2.28. The SMILES string of the molecule is CCc1ccccc1C(=O)N1CCC(=O)c2ccccc21. The predicted molar refractivity (Wildman–Crippen MR) is 82.9 cm³/mol. The zero-order valence-electron chi connectivity index (χ0n) is 12.0. The maximum absolute atomic E-state index is 12.9. The van der Waals surface area contributed by atoms with E-state index in [-0.39, 0.29) is 11.7 Å². The van der Waals surface area contributed by atoms with Crippen molar-refractivity contribution >= 4 is 17.4 Å². The van der Waals surface area contributed by atoms with Crippen LogP contribution in [-0.4, -0.2) is 18.2 Å². The maximum Gasteiger partial charge on any atom is 0.258 e. The van der Waals surface area contributed by atoms with Gasteiger partial charge in [-0.1, -0.05) is 37.3 Å². The molecule has 106 valence electrons. The molecule has 21 heavy (non-hydrogen) atoms. The Kier molecular flexibility index (Phi) is 3.57. The van der Waals surface area contributed by atoms with Gasteiger partial charge in [-0.25, -0.2) is 0 Å². The van der Waals surface area contributed by atoms with Crippen LogP contribution in [0, 0.1) is 0 Å². The number of nitrogens with zero attached hydrogens (tertiary/aromatic N) is 1. The van der Waals surface area contributed by atoms with Gasteiger partial charge in [-0.3, -0.25) is 9.59 Å². The zero-order chi connectivity index (χ0) is 14.8. The lowest BCUT2D eigenvalue weighted by Crippen LogP contribution is -2.37. The molecule has 1 heterocycles. The van der Waals surface area contributed by atoms with E-state index >= 15 is 0 Å².